The first-order valence-corrected chi connectivity index (χ1v) is 35.8. The minimum absolute atomic E-state index is 0. The molecule has 0 unspecified atom stereocenters. The molecule has 498 valence electrons. The summed E-state index contributed by atoms with van der Waals surface area (Å²) in [5.74, 6) is 0. The molecule has 0 amide bonds. The van der Waals surface area contributed by atoms with Crippen LogP contribution in [0, 0.1) is 0 Å². The molecule has 6 heterocycles. The van der Waals surface area contributed by atoms with Gasteiger partial charge in [-0.2, -0.15) is 0 Å². The van der Waals surface area contributed by atoms with Crippen molar-refractivity contribution in [3.05, 3.63) is 228 Å². The largest absolute Gasteiger partial charge is 1.00 e. The maximum Gasteiger partial charge on any atom is 0.187 e. The Kier molecular flexibility index (Phi) is 37.4. The summed E-state index contributed by atoms with van der Waals surface area (Å²) in [5.41, 5.74) is 7.45. The number of fused-ring (bicyclic) bond motifs is 6. The van der Waals surface area contributed by atoms with E-state index in [0.717, 1.165) is 59.0 Å². The van der Waals surface area contributed by atoms with Gasteiger partial charge in [0.05, 0.1) is 54.4 Å². The number of aromatic amines is 2. The summed E-state index contributed by atoms with van der Waals surface area (Å²) >= 11 is 7.30. The number of pyridine rings is 4. The summed E-state index contributed by atoms with van der Waals surface area (Å²) in [6, 6.07) is 55.7. The van der Waals surface area contributed by atoms with Crippen LogP contribution in [0.2, 0.25) is 0 Å². The van der Waals surface area contributed by atoms with Crippen molar-refractivity contribution in [1.82, 2.24) is 19.1 Å². The zero-order valence-electron chi connectivity index (χ0n) is 54.8. The van der Waals surface area contributed by atoms with E-state index in [-0.39, 0.29) is 95.9 Å². The second kappa shape index (κ2) is 44.6. The van der Waals surface area contributed by atoms with Crippen molar-refractivity contribution in [2.24, 2.45) is 0 Å². The van der Waals surface area contributed by atoms with Gasteiger partial charge in [-0.25, -0.2) is 29.1 Å². The van der Waals surface area contributed by atoms with E-state index in [9.17, 15) is 0 Å². The molecule has 2 N–H and O–H groups in total. The van der Waals surface area contributed by atoms with Crippen molar-refractivity contribution in [1.29, 1.82) is 0 Å². The van der Waals surface area contributed by atoms with Gasteiger partial charge in [-0.05, 0) is 130 Å². The molecule has 8 nitrogen and oxygen atoms in total. The van der Waals surface area contributed by atoms with E-state index in [0.29, 0.717) is 0 Å². The smallest absolute Gasteiger partial charge is 0.187 e. The lowest BCUT2D eigenvalue weighted by Gasteiger charge is -2.06. The molecule has 94 heavy (non-hydrogen) atoms. The molecule has 0 radical (unpaired) electrons. The number of benzene rings is 6. The molecule has 6 aromatic heterocycles. The van der Waals surface area contributed by atoms with Crippen LogP contribution in [0.4, 0.5) is 0 Å². The molecular weight excluding hydrogens is 1740 g/mol. The molecule has 0 saturated carbocycles. The molecule has 0 bridgehead atoms. The summed E-state index contributed by atoms with van der Waals surface area (Å²) in [6.45, 7) is 4.43. The Hall–Kier alpha value is -4.22. The molecule has 12 rings (SSSR count). The maximum atomic E-state index is 4.47. The molecule has 0 saturated heterocycles. The lowest BCUT2D eigenvalue weighted by Crippen LogP contribution is -3.00. The Labute approximate surface area is 645 Å². The number of H-pyrrole nitrogens is 2. The average molecular weight is 1840 g/mol. The summed E-state index contributed by atoms with van der Waals surface area (Å²) in [4.78, 5) is 15.9. The van der Waals surface area contributed by atoms with E-state index >= 15 is 0 Å². The van der Waals surface area contributed by atoms with Gasteiger partial charge in [-0.15, -0.1) is 0 Å². The Bertz CT molecular complexity index is 3840. The second-order valence-corrected chi connectivity index (χ2v) is 26.5. The van der Waals surface area contributed by atoms with Gasteiger partial charge < -0.3 is 105 Å². The Morgan fingerprint density at radius 2 is 0.628 bits per heavy atom. The van der Waals surface area contributed by atoms with E-state index in [1.165, 1.54) is 220 Å². The first kappa shape index (κ1) is 78.8. The van der Waals surface area contributed by atoms with Gasteiger partial charge in [0.25, 0.3) is 0 Å². The van der Waals surface area contributed by atoms with Crippen LogP contribution in [0.15, 0.2) is 217 Å². The lowest BCUT2D eigenvalue weighted by molar-refractivity contribution is -0.696. The van der Waals surface area contributed by atoms with Crippen LogP contribution in [-0.4, -0.2) is 19.1 Å². The van der Waals surface area contributed by atoms with E-state index in [4.69, 9.17) is 0 Å². The van der Waals surface area contributed by atoms with E-state index < -0.39 is 0 Å². The fourth-order valence-corrected chi connectivity index (χ4v) is 13.8. The highest BCUT2D eigenvalue weighted by atomic mass is 127. The number of imidazole rings is 2. The highest BCUT2D eigenvalue weighted by Gasteiger charge is 2.13. The summed E-state index contributed by atoms with van der Waals surface area (Å²) in [7, 11) is 0. The van der Waals surface area contributed by atoms with Crippen LogP contribution in [0.1, 0.15) is 165 Å². The number of aromatic nitrogens is 8. The van der Waals surface area contributed by atoms with Crippen molar-refractivity contribution in [3.8, 4) is 0 Å². The van der Waals surface area contributed by atoms with E-state index in [1.807, 2.05) is 12.7 Å². The summed E-state index contributed by atoms with van der Waals surface area (Å²) in [6.07, 6.45) is 51.2. The topological polar surface area (TPSA) is 71.7 Å². The predicted octanol–water partition coefficient (Wildman–Crippen LogP) is 8.66. The molecular formula is C80H96Br2I4N8. The molecule has 6 aromatic carbocycles. The van der Waals surface area contributed by atoms with Crippen molar-refractivity contribution >= 4 is 97.0 Å². The first-order chi connectivity index (χ1) is 44.5. The van der Waals surface area contributed by atoms with Crippen LogP contribution in [0.5, 0.6) is 0 Å². The number of rotatable bonds is 33. The Morgan fingerprint density at radius 3 is 1.02 bits per heavy atom. The van der Waals surface area contributed by atoms with Gasteiger partial charge in [0.1, 0.15) is 13.1 Å². The van der Waals surface area contributed by atoms with E-state index in [2.05, 4.69) is 265 Å². The quantitative estimate of drug-likeness (QED) is 0.0235. The number of nitrogens with zero attached hydrogens (tertiary/aromatic N) is 6. The minimum Gasteiger partial charge on any atom is -1.00 e. The van der Waals surface area contributed by atoms with Crippen molar-refractivity contribution in [3.63, 3.8) is 0 Å². The minimum atomic E-state index is 0. The molecule has 14 heteroatoms. The highest BCUT2D eigenvalue weighted by molar-refractivity contribution is 9.11. The molecule has 0 aliphatic carbocycles. The second-order valence-electron chi connectivity index (χ2n) is 24.8. The number of para-hydroxylation sites is 4. The molecule has 12 aromatic rings. The normalized spacial score (nSPS) is 11.0. The average Bonchev–Trinajstić information content (AvgIpc) is 1.30. The number of hydrogen-bond donors (Lipinski definition) is 0. The van der Waals surface area contributed by atoms with Gasteiger partial charge in [0.2, 0.25) is 0 Å². The number of hydrogen-bond acceptors (Lipinski definition) is 2. The lowest BCUT2D eigenvalue weighted by atomic mass is 10.0. The van der Waals surface area contributed by atoms with E-state index in [1.54, 1.807) is 0 Å². The number of nitrogens with one attached hydrogen (secondary N) is 2. The van der Waals surface area contributed by atoms with Gasteiger partial charge in [-0.1, -0.05) is 200 Å². The van der Waals surface area contributed by atoms with Crippen LogP contribution in [-0.2, 0) is 39.0 Å². The predicted molar refractivity (Wildman–Crippen MR) is 382 cm³/mol. The van der Waals surface area contributed by atoms with Gasteiger partial charge in [0.15, 0.2) is 48.6 Å². The third-order valence-electron chi connectivity index (χ3n) is 18.0. The van der Waals surface area contributed by atoms with Crippen molar-refractivity contribution < 1.29 is 115 Å². The van der Waals surface area contributed by atoms with Crippen molar-refractivity contribution in [2.75, 3.05) is 0 Å². The molecule has 0 spiro atoms. The third-order valence-corrected chi connectivity index (χ3v) is 19.4. The Morgan fingerprint density at radius 1 is 0.319 bits per heavy atom. The van der Waals surface area contributed by atoms with Gasteiger partial charge in [0, 0.05) is 72.5 Å². The highest BCUT2D eigenvalue weighted by Crippen LogP contribution is 2.27. The zero-order valence-corrected chi connectivity index (χ0v) is 66.6. The third kappa shape index (κ3) is 24.9. The summed E-state index contributed by atoms with van der Waals surface area (Å²) < 4.78 is 11.5. The maximum absolute atomic E-state index is 4.47. The monoisotopic (exact) mass is 1830 g/mol. The first-order valence-electron chi connectivity index (χ1n) is 34.3. The van der Waals surface area contributed by atoms with Crippen molar-refractivity contribution in [2.45, 2.75) is 193 Å². The fraction of sp³-hybridized carbons (Fsp3) is 0.375. The number of halogens is 6. The van der Waals surface area contributed by atoms with Crippen LogP contribution in [0.25, 0.3) is 65.2 Å². The Balaban J connectivity index is 0.000000219. The molecule has 0 fully saturated rings. The van der Waals surface area contributed by atoms with Gasteiger partial charge >= 0.3 is 0 Å². The molecule has 0 aliphatic heterocycles. The fourth-order valence-electron chi connectivity index (χ4n) is 12.9. The zero-order chi connectivity index (χ0) is 61.6. The standard InChI is InChI=1S/C28H30Br2N2.C28H34N2.C24H30N4.4HI/c29-25-19-31-27(23-15-11-9-13-21(23)25)17-7-5-3-1-2-4-6-8-18-28-24-16-12-10-14-22(24)26(30)20-32-28;1(3-5-11-19-29-21-17-25-13-7-9-15-27(25)23-29)2-4-6-12-20-30-22-18-26-14-8-10-16-28(26)24-30;1(3-5-11-17-27-19-25-21-13-7-9-15-23(21)27)2-4-6-12-18-28-20-26-22-14-8-10-16-24(22)28;;;;/h9-16,19-20H,1-8,17-18H2;7-10,13-18,21-24H,1-6,11-12,19-20H2;7-10,13-16,19-20H,1-6,11-12,17-18H2;4*1H/q;+2;;;;;/p-2. The SMILES string of the molecule is Brc1c[nH+]c(CCCCCCCCCCc2[nH+]cc(Br)c3ccccc23)c2ccccc12.[I-].[I-].[I-].[I-].c1ccc2c(c1)ncn2CCCCCCCCCCn1cnc2ccccc21.c1ccc2c[n+](CCCCCCCCCC[n+]3ccc4ccccc4c3)ccc2c1. The van der Waals surface area contributed by atoms with Crippen LogP contribution >= 0.6 is 31.9 Å². The number of aryl methyl sites for hydroxylation is 6. The van der Waals surface area contributed by atoms with Crippen LogP contribution < -0.4 is 115 Å². The molecule has 0 aliphatic rings. The number of unbranched alkanes of at least 4 members (excludes halogenated alkanes) is 21. The summed E-state index contributed by atoms with van der Waals surface area (Å²) in [5, 5.41) is 10.6. The molecule has 0 atom stereocenters. The van der Waals surface area contributed by atoms with Gasteiger partial charge in [-0.3, -0.25) is 0 Å². The van der Waals surface area contributed by atoms with Crippen LogP contribution in [0.3, 0.4) is 0 Å².